The molecule has 0 aliphatic rings. The van der Waals surface area contributed by atoms with Gasteiger partial charge in [-0.1, -0.05) is 31.5 Å². The Bertz CT molecular complexity index is 407. The molecule has 1 rings (SSSR count). The summed E-state index contributed by atoms with van der Waals surface area (Å²) in [4.78, 5) is 2.08. The summed E-state index contributed by atoms with van der Waals surface area (Å²) in [5.74, 6) is 0. The van der Waals surface area contributed by atoms with E-state index in [1.54, 1.807) is 7.11 Å². The molecule has 0 bridgehead atoms. The molecule has 0 aromatic heterocycles. The van der Waals surface area contributed by atoms with E-state index in [1.807, 2.05) is 7.05 Å². The molecule has 114 valence electrons. The van der Waals surface area contributed by atoms with Crippen molar-refractivity contribution in [1.82, 2.24) is 5.32 Å². The molecular weight excluding hydrogens is 252 g/mol. The summed E-state index contributed by atoms with van der Waals surface area (Å²) in [7, 11) is 3.61. The van der Waals surface area contributed by atoms with Gasteiger partial charge in [0.2, 0.25) is 0 Å². The van der Waals surface area contributed by atoms with E-state index in [0.29, 0.717) is 19.2 Å². The van der Waals surface area contributed by atoms with E-state index in [-0.39, 0.29) is 0 Å². The van der Waals surface area contributed by atoms with Crippen molar-refractivity contribution in [3.05, 3.63) is 29.3 Å². The fraction of sp³-hybridized carbons (Fsp3) is 0.625. The van der Waals surface area contributed by atoms with Gasteiger partial charge >= 0.3 is 0 Å². The first-order valence-corrected chi connectivity index (χ1v) is 7.15. The number of ether oxygens (including phenoxy) is 1. The maximum atomic E-state index is 9.86. The van der Waals surface area contributed by atoms with Crippen LogP contribution in [0.3, 0.4) is 0 Å². The zero-order valence-corrected chi connectivity index (χ0v) is 13.3. The molecule has 0 saturated carbocycles. The van der Waals surface area contributed by atoms with Crippen molar-refractivity contribution in [2.75, 3.05) is 32.2 Å². The number of nitrogens with zero attached hydrogens (tertiary/aromatic N) is 1. The third-order valence-corrected chi connectivity index (χ3v) is 3.19. The Balaban J connectivity index is 2.81. The second-order valence-electron chi connectivity index (χ2n) is 5.66. The lowest BCUT2D eigenvalue weighted by Crippen LogP contribution is -2.33. The van der Waals surface area contributed by atoms with Crippen molar-refractivity contribution in [1.29, 1.82) is 0 Å². The number of hydrogen-bond acceptors (Lipinski definition) is 4. The van der Waals surface area contributed by atoms with Gasteiger partial charge in [-0.2, -0.15) is 0 Å². The number of aryl methyl sites for hydroxylation is 1. The SMILES string of the molecule is COCC(O)CN(C)c1ccc(C)cc1CNC(C)C. The van der Waals surface area contributed by atoms with E-state index in [9.17, 15) is 5.11 Å². The summed E-state index contributed by atoms with van der Waals surface area (Å²) in [6.07, 6.45) is -0.475. The molecule has 20 heavy (non-hydrogen) atoms. The lowest BCUT2D eigenvalue weighted by Gasteiger charge is -2.25. The number of benzene rings is 1. The minimum absolute atomic E-state index is 0.357. The van der Waals surface area contributed by atoms with E-state index < -0.39 is 6.10 Å². The van der Waals surface area contributed by atoms with Crippen LogP contribution in [0.15, 0.2) is 18.2 Å². The van der Waals surface area contributed by atoms with E-state index in [1.165, 1.54) is 11.1 Å². The highest BCUT2D eigenvalue weighted by molar-refractivity contribution is 5.54. The first-order chi connectivity index (χ1) is 9.43. The predicted octanol–water partition coefficient (Wildman–Crippen LogP) is 1.94. The quantitative estimate of drug-likeness (QED) is 0.764. The monoisotopic (exact) mass is 280 g/mol. The second kappa shape index (κ2) is 8.25. The molecule has 0 radical (unpaired) electrons. The third kappa shape index (κ3) is 5.49. The Morgan fingerprint density at radius 2 is 2.05 bits per heavy atom. The molecule has 0 aliphatic heterocycles. The van der Waals surface area contributed by atoms with Gasteiger partial charge in [0.1, 0.15) is 0 Å². The molecule has 0 aliphatic carbocycles. The standard InChI is InChI=1S/C16H28N2O2/c1-12(2)17-9-14-8-13(3)6-7-16(14)18(4)10-15(19)11-20-5/h6-8,12,15,17,19H,9-11H2,1-5H3. The molecule has 4 heteroatoms. The molecular formula is C16H28N2O2. The number of likely N-dealkylation sites (N-methyl/N-ethyl adjacent to an activating group) is 1. The summed E-state index contributed by atoms with van der Waals surface area (Å²) in [6.45, 7) is 8.13. The molecule has 1 aromatic carbocycles. The van der Waals surface area contributed by atoms with Crippen molar-refractivity contribution >= 4 is 5.69 Å². The van der Waals surface area contributed by atoms with Crippen LogP contribution in [-0.2, 0) is 11.3 Å². The van der Waals surface area contributed by atoms with Gasteiger partial charge in [-0.05, 0) is 18.6 Å². The first-order valence-electron chi connectivity index (χ1n) is 7.15. The van der Waals surface area contributed by atoms with Crippen LogP contribution in [-0.4, -0.2) is 44.6 Å². The smallest absolute Gasteiger partial charge is 0.0947 e. The number of rotatable bonds is 8. The van der Waals surface area contributed by atoms with Crippen molar-refractivity contribution in [2.45, 2.75) is 39.5 Å². The van der Waals surface area contributed by atoms with Gasteiger partial charge in [-0.3, -0.25) is 0 Å². The number of methoxy groups -OCH3 is 1. The summed E-state index contributed by atoms with van der Waals surface area (Å²) in [5, 5.41) is 13.3. The van der Waals surface area contributed by atoms with E-state index in [2.05, 4.69) is 49.2 Å². The number of anilines is 1. The molecule has 0 heterocycles. The normalized spacial score (nSPS) is 12.8. The molecule has 1 aromatic rings. The number of hydrogen-bond donors (Lipinski definition) is 2. The maximum absolute atomic E-state index is 9.86. The molecule has 1 unspecified atom stereocenters. The molecule has 2 N–H and O–H groups in total. The molecule has 0 fully saturated rings. The van der Waals surface area contributed by atoms with E-state index in [4.69, 9.17) is 4.74 Å². The summed E-state index contributed by atoms with van der Waals surface area (Å²) >= 11 is 0. The Hall–Kier alpha value is -1.10. The van der Waals surface area contributed by atoms with Crippen LogP contribution in [0.5, 0.6) is 0 Å². The van der Waals surface area contributed by atoms with Crippen molar-refractivity contribution in [3.8, 4) is 0 Å². The second-order valence-corrected chi connectivity index (χ2v) is 5.66. The zero-order valence-electron chi connectivity index (χ0n) is 13.3. The van der Waals surface area contributed by atoms with Crippen molar-refractivity contribution in [3.63, 3.8) is 0 Å². The molecule has 0 saturated heterocycles. The highest BCUT2D eigenvalue weighted by Gasteiger charge is 2.12. The molecule has 1 atom stereocenters. The Labute approximate surface area is 122 Å². The molecule has 0 spiro atoms. The number of nitrogens with one attached hydrogen (secondary N) is 1. The van der Waals surface area contributed by atoms with Gasteiger partial charge in [-0.25, -0.2) is 0 Å². The largest absolute Gasteiger partial charge is 0.389 e. The number of aliphatic hydroxyl groups excluding tert-OH is 1. The Kier molecular flexibility index (Phi) is 6.99. The number of aliphatic hydroxyl groups is 1. The van der Waals surface area contributed by atoms with Crippen LogP contribution in [0, 0.1) is 6.92 Å². The highest BCUT2D eigenvalue weighted by atomic mass is 16.5. The van der Waals surface area contributed by atoms with Crippen molar-refractivity contribution in [2.24, 2.45) is 0 Å². The highest BCUT2D eigenvalue weighted by Crippen LogP contribution is 2.21. The lowest BCUT2D eigenvalue weighted by molar-refractivity contribution is 0.0695. The fourth-order valence-corrected chi connectivity index (χ4v) is 2.20. The van der Waals surface area contributed by atoms with Crippen LogP contribution in [0.4, 0.5) is 5.69 Å². The van der Waals surface area contributed by atoms with Gasteiger partial charge in [-0.15, -0.1) is 0 Å². The van der Waals surface area contributed by atoms with Gasteiger partial charge in [0, 0.05) is 39.0 Å². The molecule has 0 amide bonds. The van der Waals surface area contributed by atoms with Crippen LogP contribution in [0.1, 0.15) is 25.0 Å². The fourth-order valence-electron chi connectivity index (χ4n) is 2.20. The van der Waals surface area contributed by atoms with Gasteiger partial charge in [0.15, 0.2) is 0 Å². The topological polar surface area (TPSA) is 44.7 Å². The average Bonchev–Trinajstić information content (AvgIpc) is 2.36. The van der Waals surface area contributed by atoms with Gasteiger partial charge in [0.25, 0.3) is 0 Å². The summed E-state index contributed by atoms with van der Waals surface area (Å²) < 4.78 is 4.98. The third-order valence-electron chi connectivity index (χ3n) is 3.19. The van der Waals surface area contributed by atoms with E-state index >= 15 is 0 Å². The van der Waals surface area contributed by atoms with Crippen LogP contribution >= 0.6 is 0 Å². The van der Waals surface area contributed by atoms with Crippen LogP contribution in [0.25, 0.3) is 0 Å². The Morgan fingerprint density at radius 1 is 1.35 bits per heavy atom. The average molecular weight is 280 g/mol. The lowest BCUT2D eigenvalue weighted by atomic mass is 10.1. The minimum atomic E-state index is -0.475. The molecule has 4 nitrogen and oxygen atoms in total. The van der Waals surface area contributed by atoms with Crippen LogP contribution in [0.2, 0.25) is 0 Å². The summed E-state index contributed by atoms with van der Waals surface area (Å²) in [5.41, 5.74) is 3.66. The van der Waals surface area contributed by atoms with Gasteiger partial charge in [0.05, 0.1) is 12.7 Å². The van der Waals surface area contributed by atoms with Crippen LogP contribution < -0.4 is 10.2 Å². The summed E-state index contributed by atoms with van der Waals surface area (Å²) in [6, 6.07) is 6.87. The predicted molar refractivity (Wildman–Crippen MR) is 84.3 cm³/mol. The first kappa shape index (κ1) is 17.0. The Morgan fingerprint density at radius 3 is 2.65 bits per heavy atom. The van der Waals surface area contributed by atoms with Crippen molar-refractivity contribution < 1.29 is 9.84 Å². The minimum Gasteiger partial charge on any atom is -0.389 e. The van der Waals surface area contributed by atoms with E-state index in [0.717, 1.165) is 12.2 Å². The van der Waals surface area contributed by atoms with Gasteiger partial charge < -0.3 is 20.1 Å². The zero-order chi connectivity index (χ0) is 15.1. The maximum Gasteiger partial charge on any atom is 0.0947 e.